The molecule has 6 nitrogen and oxygen atoms in total. The molecule has 0 aliphatic carbocycles. The lowest BCUT2D eigenvalue weighted by atomic mass is 9.93. The van der Waals surface area contributed by atoms with Crippen LogP contribution in [0.25, 0.3) is 0 Å². The number of nitrogens with two attached hydrogens (primary N) is 2. The topological polar surface area (TPSA) is 119 Å². The first kappa shape index (κ1) is 13.3. The number of aliphatic carboxylic acids is 1. The first-order valence-electron chi connectivity index (χ1n) is 5.01. The van der Waals surface area contributed by atoms with Crippen molar-refractivity contribution < 1.29 is 19.6 Å². The number of carbonyl (C=O) groups is 1. The van der Waals surface area contributed by atoms with Gasteiger partial charge in [-0.3, -0.25) is 4.79 Å². The van der Waals surface area contributed by atoms with Gasteiger partial charge in [0.2, 0.25) is 0 Å². The zero-order valence-corrected chi connectivity index (χ0v) is 9.51. The number of rotatable bonds is 5. The molecule has 6 N–H and O–H groups in total. The van der Waals surface area contributed by atoms with Crippen molar-refractivity contribution >= 4 is 19.3 Å². The fraction of sp³-hybridized carbons (Fsp3) is 0.300. The Bertz CT molecular complexity index is 423. The summed E-state index contributed by atoms with van der Waals surface area (Å²) >= 11 is 0. The Morgan fingerprint density at radius 3 is 2.71 bits per heavy atom. The Labute approximate surface area is 99.5 Å². The maximum atomic E-state index is 10.9. The number of anilines is 1. The van der Waals surface area contributed by atoms with E-state index in [1.54, 1.807) is 12.1 Å². The van der Waals surface area contributed by atoms with Crippen LogP contribution in [0.15, 0.2) is 18.2 Å². The highest BCUT2D eigenvalue weighted by atomic mass is 16.5. The maximum Gasteiger partial charge on any atom is 0.504 e. The first-order chi connectivity index (χ1) is 7.86. The van der Waals surface area contributed by atoms with Crippen molar-refractivity contribution in [3.63, 3.8) is 0 Å². The third kappa shape index (κ3) is 3.37. The molecule has 0 saturated heterocycles. The molecule has 0 spiro atoms. The predicted octanol–water partition coefficient (Wildman–Crippen LogP) is -0.749. The number of carboxylic acids is 1. The summed E-state index contributed by atoms with van der Waals surface area (Å²) in [6.07, 6.45) is 0.119. The van der Waals surface area contributed by atoms with Crippen LogP contribution in [0.2, 0.25) is 0 Å². The molecule has 0 radical (unpaired) electrons. The molecule has 0 bridgehead atoms. The van der Waals surface area contributed by atoms with Crippen LogP contribution in [0.5, 0.6) is 5.75 Å². The minimum Gasteiger partial charge on any atom is -0.539 e. The molecule has 1 aromatic rings. The van der Waals surface area contributed by atoms with Crippen molar-refractivity contribution in [2.24, 2.45) is 5.73 Å². The number of carboxylic acid groups (broad SMARTS) is 1. The Hall–Kier alpha value is -1.73. The molecule has 0 heterocycles. The van der Waals surface area contributed by atoms with Crippen molar-refractivity contribution in [3.05, 3.63) is 23.8 Å². The lowest BCUT2D eigenvalue weighted by molar-refractivity contribution is -0.142. The highest BCUT2D eigenvalue weighted by Gasteiger charge is 2.28. The third-order valence-corrected chi connectivity index (χ3v) is 2.39. The summed E-state index contributed by atoms with van der Waals surface area (Å²) in [4.78, 5) is 10.9. The Morgan fingerprint density at radius 1 is 1.59 bits per heavy atom. The Kier molecular flexibility index (Phi) is 3.98. The van der Waals surface area contributed by atoms with Gasteiger partial charge in [-0.05, 0) is 18.6 Å². The molecule has 0 fully saturated rings. The Balaban J connectivity index is 2.90. The lowest BCUT2D eigenvalue weighted by Crippen LogP contribution is -2.46. The molecule has 0 aliphatic heterocycles. The van der Waals surface area contributed by atoms with Gasteiger partial charge in [-0.1, -0.05) is 6.07 Å². The van der Waals surface area contributed by atoms with E-state index in [9.17, 15) is 4.79 Å². The summed E-state index contributed by atoms with van der Waals surface area (Å²) < 4.78 is 4.85. The summed E-state index contributed by atoms with van der Waals surface area (Å²) in [6.45, 7) is 1.42. The van der Waals surface area contributed by atoms with Crippen molar-refractivity contribution in [2.45, 2.75) is 18.9 Å². The average molecular weight is 238 g/mol. The molecule has 0 amide bonds. The van der Waals surface area contributed by atoms with E-state index >= 15 is 0 Å². The predicted molar refractivity (Wildman–Crippen MR) is 64.8 cm³/mol. The minimum atomic E-state index is -1.37. The van der Waals surface area contributed by atoms with E-state index in [0.717, 1.165) is 0 Å². The van der Waals surface area contributed by atoms with E-state index in [2.05, 4.69) is 0 Å². The summed E-state index contributed by atoms with van der Waals surface area (Å²) in [5.41, 5.74) is 11.0. The van der Waals surface area contributed by atoms with Crippen molar-refractivity contribution in [1.82, 2.24) is 0 Å². The number of benzene rings is 1. The van der Waals surface area contributed by atoms with Crippen LogP contribution in [0.4, 0.5) is 5.69 Å². The van der Waals surface area contributed by atoms with Gasteiger partial charge in [-0.2, -0.15) is 0 Å². The molecule has 0 aromatic heterocycles. The molecule has 1 atom stereocenters. The second-order valence-corrected chi connectivity index (χ2v) is 4.03. The molecule has 0 saturated carbocycles. The van der Waals surface area contributed by atoms with Crippen LogP contribution in [-0.2, 0) is 11.2 Å². The van der Waals surface area contributed by atoms with E-state index < -0.39 is 19.2 Å². The molecule has 0 aliphatic rings. The molecule has 92 valence electrons. The summed E-state index contributed by atoms with van der Waals surface area (Å²) in [6, 6.07) is 4.75. The van der Waals surface area contributed by atoms with Gasteiger partial charge in [-0.15, -0.1) is 0 Å². The van der Waals surface area contributed by atoms with Crippen LogP contribution in [0.1, 0.15) is 12.5 Å². The molecule has 1 rings (SSSR count). The van der Waals surface area contributed by atoms with Gasteiger partial charge in [0.1, 0.15) is 11.3 Å². The van der Waals surface area contributed by atoms with Crippen molar-refractivity contribution in [3.8, 4) is 5.75 Å². The summed E-state index contributed by atoms with van der Waals surface area (Å²) in [5.74, 6) is -0.671. The molecule has 17 heavy (non-hydrogen) atoms. The van der Waals surface area contributed by atoms with Crippen LogP contribution >= 0.6 is 0 Å². The summed E-state index contributed by atoms with van der Waals surface area (Å²) in [7, 11) is -0.442. The highest BCUT2D eigenvalue weighted by molar-refractivity contribution is 6.17. The monoisotopic (exact) mass is 238 g/mol. The second-order valence-electron chi connectivity index (χ2n) is 4.03. The average Bonchev–Trinajstić information content (AvgIpc) is 2.22. The van der Waals surface area contributed by atoms with Gasteiger partial charge in [0.25, 0.3) is 0 Å². The molecule has 7 heteroatoms. The van der Waals surface area contributed by atoms with Crippen molar-refractivity contribution in [1.29, 1.82) is 0 Å². The normalized spacial score (nSPS) is 13.8. The number of hydrogen-bond acceptors (Lipinski definition) is 5. The van der Waals surface area contributed by atoms with E-state index in [4.69, 9.17) is 26.3 Å². The lowest BCUT2D eigenvalue weighted by Gasteiger charge is -2.20. The smallest absolute Gasteiger partial charge is 0.504 e. The van der Waals surface area contributed by atoms with E-state index in [1.165, 1.54) is 13.0 Å². The quantitative estimate of drug-likeness (QED) is 0.396. The van der Waals surface area contributed by atoms with E-state index in [0.29, 0.717) is 17.0 Å². The molecular weight excluding hydrogens is 223 g/mol. The van der Waals surface area contributed by atoms with Crippen LogP contribution in [0, 0.1) is 0 Å². The number of hydrogen-bond donors (Lipinski definition) is 4. The summed E-state index contributed by atoms with van der Waals surface area (Å²) in [5, 5.41) is 17.5. The van der Waals surface area contributed by atoms with Gasteiger partial charge in [-0.25, -0.2) is 0 Å². The molecule has 1 aromatic carbocycles. The largest absolute Gasteiger partial charge is 0.539 e. The molecular formula is C10H15BN2O4. The Morgan fingerprint density at radius 2 is 2.24 bits per heavy atom. The third-order valence-electron chi connectivity index (χ3n) is 2.39. The number of nitrogen functional groups attached to an aromatic ring is 1. The van der Waals surface area contributed by atoms with Gasteiger partial charge < -0.3 is 26.3 Å². The van der Waals surface area contributed by atoms with Crippen molar-refractivity contribution in [2.75, 3.05) is 5.73 Å². The van der Waals surface area contributed by atoms with E-state index in [-0.39, 0.29) is 6.42 Å². The van der Waals surface area contributed by atoms with Crippen LogP contribution in [0.3, 0.4) is 0 Å². The zero-order valence-electron chi connectivity index (χ0n) is 9.51. The fourth-order valence-corrected chi connectivity index (χ4v) is 1.37. The first-order valence-corrected chi connectivity index (χ1v) is 5.01. The fourth-order valence-electron chi connectivity index (χ4n) is 1.37. The van der Waals surface area contributed by atoms with Crippen LogP contribution < -0.4 is 16.1 Å². The second kappa shape index (κ2) is 5.07. The van der Waals surface area contributed by atoms with Gasteiger partial charge in [0.05, 0.1) is 0 Å². The zero-order chi connectivity index (χ0) is 13.1. The SMILES string of the molecule is C[C@](N)(Cc1ccc(OBO)cc1N)C(=O)O. The van der Waals surface area contributed by atoms with Gasteiger partial charge >= 0.3 is 13.7 Å². The van der Waals surface area contributed by atoms with Gasteiger partial charge in [0, 0.05) is 18.2 Å². The molecule has 0 unspecified atom stereocenters. The van der Waals surface area contributed by atoms with Gasteiger partial charge in [0.15, 0.2) is 0 Å². The standard InChI is InChI=1S/C10H15BN2O4/c1-10(13,9(14)15)5-6-2-3-7(17-11-16)4-8(6)12/h2-4,11,16H,5,12-13H2,1H3,(H,14,15)/t10-/m0/s1. The van der Waals surface area contributed by atoms with E-state index in [1.807, 2.05) is 0 Å². The highest BCUT2D eigenvalue weighted by Crippen LogP contribution is 2.23. The minimum absolute atomic E-state index is 0.119. The van der Waals surface area contributed by atoms with Crippen LogP contribution in [-0.4, -0.2) is 29.3 Å². The maximum absolute atomic E-state index is 10.9.